The molecule has 0 aromatic heterocycles. The van der Waals surface area contributed by atoms with Gasteiger partial charge in [0.2, 0.25) is 12.7 Å². The van der Waals surface area contributed by atoms with Crippen molar-refractivity contribution in [3.05, 3.63) is 48.1 Å². The molecule has 4 nitrogen and oxygen atoms in total. The van der Waals surface area contributed by atoms with Crippen molar-refractivity contribution in [3.8, 4) is 11.5 Å². The quantitative estimate of drug-likeness (QED) is 0.352. The third kappa shape index (κ3) is 7.77. The van der Waals surface area contributed by atoms with Gasteiger partial charge in [-0.3, -0.25) is 4.79 Å². The zero-order chi connectivity index (χ0) is 18.6. The average Bonchev–Trinajstić information content (AvgIpc) is 3.09. The Hall–Kier alpha value is -2.23. The van der Waals surface area contributed by atoms with Crippen LogP contribution in [0.3, 0.4) is 0 Å². The van der Waals surface area contributed by atoms with Gasteiger partial charge in [-0.05, 0) is 49.3 Å². The van der Waals surface area contributed by atoms with Crippen molar-refractivity contribution in [2.75, 3.05) is 13.3 Å². The Kier molecular flexibility index (Phi) is 8.81. The van der Waals surface area contributed by atoms with E-state index in [4.69, 9.17) is 9.47 Å². The first-order valence-electron chi connectivity index (χ1n) is 9.64. The highest BCUT2D eigenvalue weighted by atomic mass is 16.7. The van der Waals surface area contributed by atoms with E-state index in [0.29, 0.717) is 12.7 Å². The predicted molar refractivity (Wildman–Crippen MR) is 105 cm³/mol. The number of hydrogen-bond donors (Lipinski definition) is 1. The number of ether oxygens (including phenoxy) is 2. The molecule has 0 radical (unpaired) electrons. The zero-order valence-electron chi connectivity index (χ0n) is 16.0. The summed E-state index contributed by atoms with van der Waals surface area (Å²) in [5.41, 5.74) is 1.31. The van der Waals surface area contributed by atoms with Gasteiger partial charge in [-0.15, -0.1) is 0 Å². The molecule has 0 aliphatic carbocycles. The van der Waals surface area contributed by atoms with Crippen LogP contribution in [0.1, 0.15) is 51.5 Å². The van der Waals surface area contributed by atoms with Crippen LogP contribution in [0.15, 0.2) is 42.5 Å². The number of nitrogens with one attached hydrogen (secondary N) is 1. The van der Waals surface area contributed by atoms with Crippen molar-refractivity contribution in [1.82, 2.24) is 5.32 Å². The number of carbonyl (C=O) groups excluding carboxylic acids is 1. The second-order valence-corrected chi connectivity index (χ2v) is 7.07. The third-order valence-electron chi connectivity index (χ3n) is 4.20. The molecule has 0 saturated carbocycles. The predicted octanol–water partition coefficient (Wildman–Crippen LogP) is 4.79. The maximum absolute atomic E-state index is 11.5. The van der Waals surface area contributed by atoms with Crippen LogP contribution in [0, 0.1) is 5.92 Å². The maximum atomic E-state index is 11.5. The van der Waals surface area contributed by atoms with Gasteiger partial charge in [-0.1, -0.05) is 51.0 Å². The molecular formula is C22H31NO3. The van der Waals surface area contributed by atoms with Gasteiger partial charge in [-0.2, -0.15) is 0 Å². The minimum atomic E-state index is -0.0214. The van der Waals surface area contributed by atoms with Crippen LogP contribution >= 0.6 is 0 Å². The molecule has 0 bridgehead atoms. The van der Waals surface area contributed by atoms with E-state index in [1.807, 2.05) is 18.2 Å². The number of unbranched alkanes of at least 4 members (excludes halogenated alkanes) is 4. The Morgan fingerprint density at radius 3 is 2.77 bits per heavy atom. The van der Waals surface area contributed by atoms with Crippen LogP contribution in [0.25, 0.3) is 0 Å². The van der Waals surface area contributed by atoms with Crippen molar-refractivity contribution in [1.29, 1.82) is 0 Å². The fourth-order valence-electron chi connectivity index (χ4n) is 2.72. The lowest BCUT2D eigenvalue weighted by Crippen LogP contribution is -2.25. The van der Waals surface area contributed by atoms with Gasteiger partial charge in [0.05, 0.1) is 0 Å². The SMILES string of the molecule is CC(C)CNC(=O)/C=C/C=C/CCCCCCc1ccc2c(c1)OCO2. The molecule has 1 aliphatic rings. The smallest absolute Gasteiger partial charge is 0.243 e. The Morgan fingerprint density at radius 1 is 1.12 bits per heavy atom. The minimum absolute atomic E-state index is 0.0214. The fraction of sp³-hybridized carbons (Fsp3) is 0.500. The van der Waals surface area contributed by atoms with E-state index in [9.17, 15) is 4.79 Å². The van der Waals surface area contributed by atoms with Crippen molar-refractivity contribution in [3.63, 3.8) is 0 Å². The topological polar surface area (TPSA) is 47.6 Å². The second-order valence-electron chi connectivity index (χ2n) is 7.07. The Labute approximate surface area is 157 Å². The highest BCUT2D eigenvalue weighted by Crippen LogP contribution is 2.32. The standard InChI is InChI=1S/C22H31NO3/c1-18(2)16-23-22(24)12-10-8-6-4-3-5-7-9-11-19-13-14-20-21(15-19)26-17-25-20/h6,8,10,12-15,18H,3-5,7,9,11,16-17H2,1-2H3,(H,23,24)/b8-6+,12-10+. The minimum Gasteiger partial charge on any atom is -0.454 e. The van der Waals surface area contributed by atoms with Crippen LogP contribution < -0.4 is 14.8 Å². The molecule has 0 spiro atoms. The number of amides is 1. The summed E-state index contributed by atoms with van der Waals surface area (Å²) in [5, 5.41) is 2.86. The number of aryl methyl sites for hydroxylation is 1. The summed E-state index contributed by atoms with van der Waals surface area (Å²) in [4.78, 5) is 11.5. The molecule has 0 unspecified atom stereocenters. The number of carbonyl (C=O) groups is 1. The van der Waals surface area contributed by atoms with Gasteiger partial charge in [0.1, 0.15) is 0 Å². The monoisotopic (exact) mass is 357 g/mol. The lowest BCUT2D eigenvalue weighted by atomic mass is 10.0. The molecule has 1 aromatic rings. The van der Waals surface area contributed by atoms with E-state index in [2.05, 4.69) is 37.4 Å². The van der Waals surface area contributed by atoms with E-state index in [-0.39, 0.29) is 5.91 Å². The highest BCUT2D eigenvalue weighted by molar-refractivity contribution is 5.87. The first kappa shape index (κ1) is 20.1. The lowest BCUT2D eigenvalue weighted by Gasteiger charge is -2.03. The van der Waals surface area contributed by atoms with E-state index < -0.39 is 0 Å². The van der Waals surface area contributed by atoms with E-state index >= 15 is 0 Å². The van der Waals surface area contributed by atoms with Crippen molar-refractivity contribution in [2.45, 2.75) is 52.4 Å². The molecule has 1 N–H and O–H groups in total. The number of hydrogen-bond acceptors (Lipinski definition) is 3. The zero-order valence-corrected chi connectivity index (χ0v) is 16.0. The summed E-state index contributed by atoms with van der Waals surface area (Å²) in [6.45, 7) is 5.22. The summed E-state index contributed by atoms with van der Waals surface area (Å²) >= 11 is 0. The van der Waals surface area contributed by atoms with Gasteiger partial charge in [0.15, 0.2) is 11.5 Å². The Bertz CT molecular complexity index is 620. The average molecular weight is 357 g/mol. The van der Waals surface area contributed by atoms with Crippen LogP contribution in [0.2, 0.25) is 0 Å². The highest BCUT2D eigenvalue weighted by Gasteiger charge is 2.12. The van der Waals surface area contributed by atoms with E-state index in [1.54, 1.807) is 6.08 Å². The Balaban J connectivity index is 1.48. The van der Waals surface area contributed by atoms with E-state index in [0.717, 1.165) is 30.9 Å². The van der Waals surface area contributed by atoms with Crippen LogP contribution in [-0.4, -0.2) is 19.2 Å². The molecule has 1 amide bonds. The summed E-state index contributed by atoms with van der Waals surface area (Å²) in [7, 11) is 0. The van der Waals surface area contributed by atoms with Crippen molar-refractivity contribution < 1.29 is 14.3 Å². The summed E-state index contributed by atoms with van der Waals surface area (Å²) < 4.78 is 10.7. The van der Waals surface area contributed by atoms with Crippen molar-refractivity contribution >= 4 is 5.91 Å². The summed E-state index contributed by atoms with van der Waals surface area (Å²) in [6, 6.07) is 6.22. The number of benzene rings is 1. The number of fused-ring (bicyclic) bond motifs is 1. The van der Waals surface area contributed by atoms with Gasteiger partial charge < -0.3 is 14.8 Å². The fourth-order valence-corrected chi connectivity index (χ4v) is 2.72. The second kappa shape index (κ2) is 11.4. The number of rotatable bonds is 11. The normalized spacial score (nSPS) is 13.2. The molecule has 0 atom stereocenters. The van der Waals surface area contributed by atoms with Crippen LogP contribution in [0.5, 0.6) is 11.5 Å². The number of allylic oxidation sites excluding steroid dienone is 3. The molecule has 1 heterocycles. The molecule has 26 heavy (non-hydrogen) atoms. The molecule has 142 valence electrons. The Morgan fingerprint density at radius 2 is 1.92 bits per heavy atom. The first-order chi connectivity index (χ1) is 12.6. The summed E-state index contributed by atoms with van der Waals surface area (Å²) in [5.74, 6) is 2.19. The molecule has 1 aliphatic heterocycles. The summed E-state index contributed by atoms with van der Waals surface area (Å²) in [6.07, 6.45) is 14.5. The molecule has 2 rings (SSSR count). The lowest BCUT2D eigenvalue weighted by molar-refractivity contribution is -0.116. The maximum Gasteiger partial charge on any atom is 0.243 e. The largest absolute Gasteiger partial charge is 0.454 e. The molecular weight excluding hydrogens is 326 g/mol. The molecule has 4 heteroatoms. The third-order valence-corrected chi connectivity index (χ3v) is 4.20. The van der Waals surface area contributed by atoms with E-state index in [1.165, 1.54) is 31.2 Å². The van der Waals surface area contributed by atoms with Gasteiger partial charge in [-0.25, -0.2) is 0 Å². The van der Waals surface area contributed by atoms with Crippen LogP contribution in [-0.2, 0) is 11.2 Å². The van der Waals surface area contributed by atoms with Crippen LogP contribution in [0.4, 0.5) is 0 Å². The van der Waals surface area contributed by atoms with Gasteiger partial charge in [0.25, 0.3) is 0 Å². The molecule has 0 saturated heterocycles. The molecule has 1 aromatic carbocycles. The molecule has 0 fully saturated rings. The first-order valence-corrected chi connectivity index (χ1v) is 9.64. The van der Waals surface area contributed by atoms with Crippen molar-refractivity contribution in [2.24, 2.45) is 5.92 Å². The van der Waals surface area contributed by atoms with Gasteiger partial charge in [0, 0.05) is 12.6 Å². The van der Waals surface area contributed by atoms with Gasteiger partial charge >= 0.3 is 0 Å².